The van der Waals surface area contributed by atoms with E-state index in [9.17, 15) is 14.3 Å². The predicted octanol–water partition coefficient (Wildman–Crippen LogP) is 0.786. The van der Waals surface area contributed by atoms with Crippen LogP contribution in [0.15, 0.2) is 29.1 Å². The lowest BCUT2D eigenvalue weighted by Gasteiger charge is -2.17. The van der Waals surface area contributed by atoms with Crippen LogP contribution < -0.4 is 15.3 Å². The van der Waals surface area contributed by atoms with Crippen molar-refractivity contribution >= 4 is 5.82 Å². The van der Waals surface area contributed by atoms with E-state index in [2.05, 4.69) is 4.98 Å². The van der Waals surface area contributed by atoms with Crippen LogP contribution in [0.3, 0.4) is 0 Å². The Bertz CT molecular complexity index is 936. The predicted molar refractivity (Wildman–Crippen MR) is 85.7 cm³/mol. The Morgan fingerprint density at radius 2 is 2.24 bits per heavy atom. The minimum Gasteiger partial charge on any atom is -0.473 e. The highest BCUT2D eigenvalue weighted by atomic mass is 19.1. The molecule has 1 aromatic carbocycles. The molecule has 128 valence electrons. The average molecular weight is 342 g/mol. The number of aliphatic hydroxyl groups excluding tert-OH is 1. The first-order chi connectivity index (χ1) is 12.0. The van der Waals surface area contributed by atoms with Gasteiger partial charge in [-0.25, -0.2) is 9.18 Å². The normalized spacial score (nSPS) is 20.9. The van der Waals surface area contributed by atoms with Gasteiger partial charge in [0.05, 0.1) is 17.7 Å². The van der Waals surface area contributed by atoms with E-state index in [-0.39, 0.29) is 24.1 Å². The van der Waals surface area contributed by atoms with Crippen LogP contribution in [0.2, 0.25) is 0 Å². The highest BCUT2D eigenvalue weighted by Crippen LogP contribution is 2.33. The number of nitrogens with zero attached hydrogens (tertiary/aromatic N) is 4. The van der Waals surface area contributed by atoms with Crippen LogP contribution in [-0.4, -0.2) is 33.3 Å². The van der Waals surface area contributed by atoms with E-state index in [0.29, 0.717) is 30.9 Å². The molecule has 25 heavy (non-hydrogen) atoms. The summed E-state index contributed by atoms with van der Waals surface area (Å²) in [7, 11) is 0. The van der Waals surface area contributed by atoms with Crippen LogP contribution in [0.5, 0.6) is 5.88 Å². The van der Waals surface area contributed by atoms with Crippen molar-refractivity contribution in [3.63, 3.8) is 0 Å². The van der Waals surface area contributed by atoms with Gasteiger partial charge in [0.15, 0.2) is 0 Å². The molecule has 0 radical (unpaired) electrons. The van der Waals surface area contributed by atoms with Crippen molar-refractivity contribution in [1.82, 2.24) is 9.55 Å². The zero-order chi connectivity index (χ0) is 17.6. The number of halogens is 1. The largest absolute Gasteiger partial charge is 0.473 e. The standard InChI is InChI=1S/C17H15FN4O3/c18-14-2-1-10(3-11(14)6-19)9-25-15-5-16-21-8-13(23)4-12(21)7-22(16)17(24)20-15/h1-3,5,12-13,23H,4,7-9H2/t12-,13-/m0/s1. The summed E-state index contributed by atoms with van der Waals surface area (Å²) in [6.07, 6.45) is 0.235. The molecule has 1 fully saturated rings. The molecule has 3 heterocycles. The fourth-order valence-electron chi connectivity index (χ4n) is 3.42. The Labute approximate surface area is 142 Å². The van der Waals surface area contributed by atoms with E-state index in [4.69, 9.17) is 10.00 Å². The second-order valence-corrected chi connectivity index (χ2v) is 6.26. The molecule has 0 amide bonds. The number of rotatable bonds is 3. The minimum absolute atomic E-state index is 0.0584. The van der Waals surface area contributed by atoms with Gasteiger partial charge >= 0.3 is 5.69 Å². The summed E-state index contributed by atoms with van der Waals surface area (Å²) in [6.45, 7) is 1.07. The third-order valence-corrected chi connectivity index (χ3v) is 4.58. The molecule has 1 N–H and O–H groups in total. The van der Waals surface area contributed by atoms with Crippen LogP contribution in [0.4, 0.5) is 10.2 Å². The van der Waals surface area contributed by atoms with E-state index in [1.54, 1.807) is 16.7 Å². The molecule has 1 aromatic heterocycles. The molecule has 1 saturated heterocycles. The summed E-state index contributed by atoms with van der Waals surface area (Å²) in [5.41, 5.74) is 0.153. The maximum atomic E-state index is 13.3. The molecule has 0 spiro atoms. The number of hydrogen-bond acceptors (Lipinski definition) is 6. The minimum atomic E-state index is -0.584. The van der Waals surface area contributed by atoms with Crippen molar-refractivity contribution in [1.29, 1.82) is 5.26 Å². The lowest BCUT2D eigenvalue weighted by Crippen LogP contribution is -2.25. The summed E-state index contributed by atoms with van der Waals surface area (Å²) < 4.78 is 20.5. The van der Waals surface area contributed by atoms with Crippen molar-refractivity contribution in [2.75, 3.05) is 11.4 Å². The number of fused-ring (bicyclic) bond motifs is 3. The van der Waals surface area contributed by atoms with Crippen LogP contribution in [0.1, 0.15) is 17.5 Å². The van der Waals surface area contributed by atoms with E-state index < -0.39 is 17.6 Å². The monoisotopic (exact) mass is 342 g/mol. The van der Waals surface area contributed by atoms with E-state index in [1.165, 1.54) is 18.2 Å². The van der Waals surface area contributed by atoms with Gasteiger partial charge in [-0.05, 0) is 24.1 Å². The third-order valence-electron chi connectivity index (χ3n) is 4.58. The second kappa shape index (κ2) is 5.86. The lowest BCUT2D eigenvalue weighted by atomic mass is 10.1. The number of aliphatic hydroxyl groups is 1. The molecule has 0 saturated carbocycles. The van der Waals surface area contributed by atoms with Crippen LogP contribution in [-0.2, 0) is 13.2 Å². The number of hydrogen-bond donors (Lipinski definition) is 1. The van der Waals surface area contributed by atoms with Crippen molar-refractivity contribution in [3.8, 4) is 11.9 Å². The molecule has 0 unspecified atom stereocenters. The van der Waals surface area contributed by atoms with Crippen molar-refractivity contribution in [2.45, 2.75) is 31.7 Å². The van der Waals surface area contributed by atoms with E-state index >= 15 is 0 Å². The van der Waals surface area contributed by atoms with Crippen molar-refractivity contribution in [3.05, 3.63) is 51.7 Å². The van der Waals surface area contributed by atoms with Crippen LogP contribution in [0, 0.1) is 17.1 Å². The average Bonchev–Trinajstić information content (AvgIpc) is 3.11. The number of aromatic nitrogens is 2. The first-order valence-electron chi connectivity index (χ1n) is 7.93. The molecule has 8 heteroatoms. The first kappa shape index (κ1) is 15.6. The van der Waals surface area contributed by atoms with Crippen LogP contribution >= 0.6 is 0 Å². The fraction of sp³-hybridized carbons (Fsp3) is 0.353. The number of anilines is 1. The highest BCUT2D eigenvalue weighted by Gasteiger charge is 2.38. The molecule has 2 aliphatic rings. The van der Waals surface area contributed by atoms with Gasteiger partial charge in [-0.2, -0.15) is 10.2 Å². The Kier molecular flexibility index (Phi) is 3.66. The van der Waals surface area contributed by atoms with Gasteiger partial charge in [0.1, 0.15) is 24.3 Å². The molecule has 2 aromatic rings. The quantitative estimate of drug-likeness (QED) is 0.887. The molecule has 0 bridgehead atoms. The van der Waals surface area contributed by atoms with Gasteiger partial charge in [0.2, 0.25) is 5.88 Å². The Hall–Kier alpha value is -2.92. The van der Waals surface area contributed by atoms with Gasteiger partial charge in [0, 0.05) is 19.2 Å². The Morgan fingerprint density at radius 1 is 1.40 bits per heavy atom. The fourth-order valence-corrected chi connectivity index (χ4v) is 3.42. The molecular formula is C17H15FN4O3. The van der Waals surface area contributed by atoms with Crippen molar-refractivity contribution < 1.29 is 14.2 Å². The highest BCUT2D eigenvalue weighted by molar-refractivity contribution is 5.48. The van der Waals surface area contributed by atoms with Gasteiger partial charge < -0.3 is 14.7 Å². The van der Waals surface area contributed by atoms with Crippen molar-refractivity contribution in [2.24, 2.45) is 0 Å². The topological polar surface area (TPSA) is 91.4 Å². The van der Waals surface area contributed by atoms with Gasteiger partial charge in [-0.15, -0.1) is 0 Å². The van der Waals surface area contributed by atoms with Gasteiger partial charge in [0.25, 0.3) is 0 Å². The van der Waals surface area contributed by atoms with Gasteiger partial charge in [-0.1, -0.05) is 6.07 Å². The van der Waals surface area contributed by atoms with E-state index in [1.807, 2.05) is 4.90 Å². The summed E-state index contributed by atoms with van der Waals surface area (Å²) in [4.78, 5) is 18.1. The maximum absolute atomic E-state index is 13.3. The number of ether oxygens (including phenoxy) is 1. The summed E-state index contributed by atoms with van der Waals surface area (Å²) in [5, 5.41) is 18.7. The van der Waals surface area contributed by atoms with Gasteiger partial charge in [-0.3, -0.25) is 4.57 Å². The lowest BCUT2D eigenvalue weighted by molar-refractivity contribution is 0.192. The summed E-state index contributed by atoms with van der Waals surface area (Å²) in [6, 6.07) is 7.69. The molecular weight excluding hydrogens is 327 g/mol. The smallest absolute Gasteiger partial charge is 0.352 e. The summed E-state index contributed by atoms with van der Waals surface area (Å²) in [5.74, 6) is 0.272. The summed E-state index contributed by atoms with van der Waals surface area (Å²) >= 11 is 0. The number of benzene rings is 1. The Morgan fingerprint density at radius 3 is 3.04 bits per heavy atom. The zero-order valence-corrected chi connectivity index (χ0v) is 13.2. The molecule has 0 aliphatic carbocycles. The molecule has 7 nitrogen and oxygen atoms in total. The second-order valence-electron chi connectivity index (χ2n) is 6.26. The molecule has 4 rings (SSSR count). The van der Waals surface area contributed by atoms with Crippen LogP contribution in [0.25, 0.3) is 0 Å². The molecule has 2 aliphatic heterocycles. The number of nitriles is 1. The zero-order valence-electron chi connectivity index (χ0n) is 13.2. The maximum Gasteiger partial charge on any atom is 0.352 e. The SMILES string of the molecule is N#Cc1cc(COc2cc3n(c(=O)n2)C[C@@H]2C[C@H](O)CN32)ccc1F. The first-order valence-corrected chi connectivity index (χ1v) is 7.93. The Balaban J connectivity index is 1.56. The third kappa shape index (κ3) is 2.72. The van der Waals surface area contributed by atoms with E-state index in [0.717, 1.165) is 0 Å². The molecule has 2 atom stereocenters.